The number of aliphatic carboxylic acids is 1. The molecule has 33 heavy (non-hydrogen) atoms. The van der Waals surface area contributed by atoms with Crippen molar-refractivity contribution >= 4 is 11.9 Å². The average molecular weight is 450 g/mol. The molecule has 0 atom stereocenters. The zero-order valence-corrected chi connectivity index (χ0v) is 17.3. The first-order valence-electron chi connectivity index (χ1n) is 10.3. The predicted molar refractivity (Wildman–Crippen MR) is 113 cm³/mol. The Hall–Kier alpha value is -4.14. The molecule has 8 nitrogen and oxygen atoms in total. The summed E-state index contributed by atoms with van der Waals surface area (Å²) in [6.07, 6.45) is 2.48. The molecule has 1 aromatic heterocycles. The van der Waals surface area contributed by atoms with Crippen LogP contribution < -0.4 is 19.5 Å². The number of carbonyl (C=O) groups excluding carboxylic acids is 1. The van der Waals surface area contributed by atoms with Crippen LogP contribution in [0.1, 0.15) is 34.3 Å². The van der Waals surface area contributed by atoms with Gasteiger partial charge in [0.05, 0.1) is 5.41 Å². The number of fused-ring (bicyclic) bond motifs is 1. The third kappa shape index (κ3) is 3.93. The van der Waals surface area contributed by atoms with E-state index in [-0.39, 0.29) is 30.3 Å². The van der Waals surface area contributed by atoms with Crippen LogP contribution in [0.4, 0.5) is 4.39 Å². The number of carbonyl (C=O) groups is 2. The van der Waals surface area contributed by atoms with Gasteiger partial charge in [-0.15, -0.1) is 0 Å². The molecule has 2 heterocycles. The van der Waals surface area contributed by atoms with Gasteiger partial charge < -0.3 is 24.6 Å². The van der Waals surface area contributed by atoms with Crippen LogP contribution in [0.2, 0.25) is 0 Å². The number of nitrogens with one attached hydrogen (secondary N) is 1. The van der Waals surface area contributed by atoms with Gasteiger partial charge in [0.15, 0.2) is 11.5 Å². The number of carboxylic acids is 1. The highest BCUT2D eigenvalue weighted by atomic mass is 19.1. The summed E-state index contributed by atoms with van der Waals surface area (Å²) in [6, 6.07) is 12.5. The van der Waals surface area contributed by atoms with Gasteiger partial charge in [0.25, 0.3) is 5.91 Å². The van der Waals surface area contributed by atoms with E-state index in [1.807, 2.05) is 0 Å². The van der Waals surface area contributed by atoms with Crippen LogP contribution >= 0.6 is 0 Å². The first kappa shape index (κ1) is 20.7. The van der Waals surface area contributed by atoms with Gasteiger partial charge in [0.2, 0.25) is 12.7 Å². The number of pyridine rings is 1. The van der Waals surface area contributed by atoms with Crippen molar-refractivity contribution in [3.05, 3.63) is 77.2 Å². The highest BCUT2D eigenvalue weighted by Crippen LogP contribution is 2.48. The smallest absolute Gasteiger partial charge is 0.314 e. The summed E-state index contributed by atoms with van der Waals surface area (Å²) in [4.78, 5) is 28.4. The number of rotatable bonds is 7. The molecule has 9 heteroatoms. The van der Waals surface area contributed by atoms with Gasteiger partial charge >= 0.3 is 5.97 Å². The Labute approximate surface area is 187 Å². The van der Waals surface area contributed by atoms with Gasteiger partial charge in [-0.25, -0.2) is 9.37 Å². The Morgan fingerprint density at radius 2 is 1.94 bits per heavy atom. The van der Waals surface area contributed by atoms with Crippen LogP contribution in [0, 0.1) is 5.82 Å². The molecular weight excluding hydrogens is 431 g/mol. The van der Waals surface area contributed by atoms with E-state index in [1.54, 1.807) is 36.4 Å². The molecule has 2 aromatic carbocycles. The van der Waals surface area contributed by atoms with Crippen LogP contribution in [0.25, 0.3) is 0 Å². The highest BCUT2D eigenvalue weighted by molar-refractivity contribution is 5.96. The average Bonchev–Trinajstić information content (AvgIpc) is 3.50. The molecule has 1 fully saturated rings. The number of ether oxygens (including phenoxy) is 3. The molecule has 0 saturated heterocycles. The standard InChI is InChI=1S/C24H19FN2O6/c25-18-10-15(24(7-8-24)23(29)30)4-3-14(18)12-27-21(28)17-2-1-9-26-22(17)33-16-5-6-19-20(11-16)32-13-31-19/h1-6,9-11H,7-8,12-13H2,(H,27,28)(H,29,30). The Morgan fingerprint density at radius 3 is 2.70 bits per heavy atom. The normalized spacial score (nSPS) is 15.1. The third-order valence-electron chi connectivity index (χ3n) is 5.78. The van der Waals surface area contributed by atoms with Gasteiger partial charge in [-0.05, 0) is 48.7 Å². The number of halogens is 1. The van der Waals surface area contributed by atoms with E-state index in [9.17, 15) is 19.1 Å². The number of benzene rings is 2. The Balaban J connectivity index is 1.29. The van der Waals surface area contributed by atoms with Gasteiger partial charge in [0, 0.05) is 24.4 Å². The first-order chi connectivity index (χ1) is 16.0. The topological polar surface area (TPSA) is 107 Å². The maximum absolute atomic E-state index is 14.6. The first-order valence-corrected chi connectivity index (χ1v) is 10.3. The highest BCUT2D eigenvalue weighted by Gasteiger charge is 2.51. The fraction of sp³-hybridized carbons (Fsp3) is 0.208. The van der Waals surface area contributed by atoms with Gasteiger partial charge in [-0.3, -0.25) is 9.59 Å². The van der Waals surface area contributed by atoms with Crippen molar-refractivity contribution < 1.29 is 33.3 Å². The van der Waals surface area contributed by atoms with Crippen molar-refractivity contribution in [1.82, 2.24) is 10.3 Å². The Bertz CT molecular complexity index is 1260. The van der Waals surface area contributed by atoms with E-state index in [0.29, 0.717) is 35.7 Å². The summed E-state index contributed by atoms with van der Waals surface area (Å²) >= 11 is 0. The maximum Gasteiger partial charge on any atom is 0.314 e. The molecule has 0 spiro atoms. The lowest BCUT2D eigenvalue weighted by Crippen LogP contribution is -2.24. The number of amides is 1. The largest absolute Gasteiger partial charge is 0.481 e. The Morgan fingerprint density at radius 1 is 1.12 bits per heavy atom. The van der Waals surface area contributed by atoms with Crippen molar-refractivity contribution in [1.29, 1.82) is 0 Å². The molecule has 1 aliphatic carbocycles. The number of hydrogen-bond acceptors (Lipinski definition) is 6. The fourth-order valence-electron chi connectivity index (χ4n) is 3.71. The minimum Gasteiger partial charge on any atom is -0.481 e. The van der Waals surface area contributed by atoms with Crippen LogP contribution in [-0.4, -0.2) is 28.8 Å². The van der Waals surface area contributed by atoms with E-state index in [2.05, 4.69) is 10.3 Å². The molecule has 2 aliphatic rings. The Kier molecular flexibility index (Phi) is 5.08. The lowest BCUT2D eigenvalue weighted by Gasteiger charge is -2.13. The lowest BCUT2D eigenvalue weighted by atomic mass is 9.95. The second-order valence-corrected chi connectivity index (χ2v) is 7.85. The molecule has 168 valence electrons. The van der Waals surface area contributed by atoms with Crippen molar-refractivity contribution in [2.24, 2.45) is 0 Å². The lowest BCUT2D eigenvalue weighted by molar-refractivity contribution is -0.140. The van der Waals surface area contributed by atoms with E-state index < -0.39 is 23.1 Å². The summed E-state index contributed by atoms with van der Waals surface area (Å²) in [6.45, 7) is 0.0498. The fourth-order valence-corrected chi connectivity index (χ4v) is 3.71. The number of carboxylic acid groups (broad SMARTS) is 1. The minimum atomic E-state index is -0.987. The second-order valence-electron chi connectivity index (χ2n) is 7.85. The molecule has 3 aromatic rings. The van der Waals surface area contributed by atoms with Gasteiger partial charge in [0.1, 0.15) is 17.1 Å². The number of nitrogens with zero attached hydrogens (tertiary/aromatic N) is 1. The monoisotopic (exact) mass is 450 g/mol. The molecule has 2 N–H and O–H groups in total. The molecule has 1 amide bonds. The number of hydrogen-bond donors (Lipinski definition) is 2. The van der Waals surface area contributed by atoms with Crippen molar-refractivity contribution in [2.45, 2.75) is 24.8 Å². The molecule has 1 aliphatic heterocycles. The van der Waals surface area contributed by atoms with Gasteiger partial charge in [-0.1, -0.05) is 12.1 Å². The van der Waals surface area contributed by atoms with Gasteiger partial charge in [-0.2, -0.15) is 0 Å². The van der Waals surface area contributed by atoms with E-state index >= 15 is 0 Å². The zero-order chi connectivity index (χ0) is 23.0. The predicted octanol–water partition coefficient (Wildman–Crippen LogP) is 3.79. The van der Waals surface area contributed by atoms with Crippen LogP contribution in [-0.2, 0) is 16.8 Å². The molecule has 0 radical (unpaired) electrons. The van der Waals surface area contributed by atoms with Crippen molar-refractivity contribution in [2.75, 3.05) is 6.79 Å². The molecule has 0 unspecified atom stereocenters. The summed E-state index contributed by atoms with van der Waals surface area (Å²) in [5.74, 6) is -0.373. The molecule has 1 saturated carbocycles. The van der Waals surface area contributed by atoms with Crippen LogP contribution in [0.15, 0.2) is 54.7 Å². The summed E-state index contributed by atoms with van der Waals surface area (Å²) in [5.41, 5.74) is -0.126. The molecular formula is C24H19FN2O6. The third-order valence-corrected chi connectivity index (χ3v) is 5.78. The zero-order valence-electron chi connectivity index (χ0n) is 17.3. The maximum atomic E-state index is 14.6. The minimum absolute atomic E-state index is 0.0800. The number of aromatic nitrogens is 1. The molecule has 5 rings (SSSR count). The van der Waals surface area contributed by atoms with E-state index in [1.165, 1.54) is 18.3 Å². The quantitative estimate of drug-likeness (QED) is 0.564. The second kappa shape index (κ2) is 8.09. The van der Waals surface area contributed by atoms with E-state index in [4.69, 9.17) is 14.2 Å². The summed E-state index contributed by atoms with van der Waals surface area (Å²) in [5, 5.41) is 12.0. The summed E-state index contributed by atoms with van der Waals surface area (Å²) in [7, 11) is 0. The van der Waals surface area contributed by atoms with Crippen LogP contribution in [0.3, 0.4) is 0 Å². The van der Waals surface area contributed by atoms with E-state index in [0.717, 1.165) is 0 Å². The SMILES string of the molecule is O=C(NCc1ccc(C2(C(=O)O)CC2)cc1F)c1cccnc1Oc1ccc2c(c1)OCO2. The summed E-state index contributed by atoms with van der Waals surface area (Å²) < 4.78 is 31.0. The van der Waals surface area contributed by atoms with Crippen molar-refractivity contribution in [3.63, 3.8) is 0 Å². The van der Waals surface area contributed by atoms with Crippen LogP contribution in [0.5, 0.6) is 23.1 Å². The molecule has 0 bridgehead atoms. The van der Waals surface area contributed by atoms with Crippen molar-refractivity contribution in [3.8, 4) is 23.1 Å².